The lowest BCUT2D eigenvalue weighted by Gasteiger charge is -2.22. The Labute approximate surface area is 164 Å². The minimum atomic E-state index is -1.10. The van der Waals surface area contributed by atoms with Crippen LogP contribution in [-0.4, -0.2) is 29.4 Å². The first kappa shape index (κ1) is 19.6. The second-order valence-electron chi connectivity index (χ2n) is 7.03. The topological polar surface area (TPSA) is 86.7 Å². The number of carbonyl (C=O) groups is 3. The molecule has 2 N–H and O–H groups in total. The number of hydrogen-bond donors (Lipinski definition) is 2. The van der Waals surface area contributed by atoms with Crippen molar-refractivity contribution >= 4 is 29.2 Å². The molecule has 2 aromatic carbocycles. The molecule has 0 saturated heterocycles. The van der Waals surface area contributed by atoms with Gasteiger partial charge in [-0.1, -0.05) is 43.5 Å². The monoisotopic (exact) mass is 380 g/mol. The largest absolute Gasteiger partial charge is 0.480 e. The Bertz CT molecular complexity index is 845. The van der Waals surface area contributed by atoms with Gasteiger partial charge >= 0.3 is 5.97 Å². The summed E-state index contributed by atoms with van der Waals surface area (Å²) in [5.41, 5.74) is 1.38. The Morgan fingerprint density at radius 1 is 0.964 bits per heavy atom. The maximum atomic E-state index is 13.0. The molecule has 0 heterocycles. The third-order valence-corrected chi connectivity index (χ3v) is 4.96. The second kappa shape index (κ2) is 9.17. The van der Waals surface area contributed by atoms with Crippen molar-refractivity contribution < 1.29 is 19.5 Å². The zero-order valence-electron chi connectivity index (χ0n) is 15.6. The van der Waals surface area contributed by atoms with E-state index in [1.807, 2.05) is 0 Å². The lowest BCUT2D eigenvalue weighted by Crippen LogP contribution is -2.35. The minimum absolute atomic E-state index is 0.0148. The molecule has 0 bridgehead atoms. The molecule has 0 atom stereocenters. The van der Waals surface area contributed by atoms with Crippen LogP contribution in [0.5, 0.6) is 0 Å². The first-order chi connectivity index (χ1) is 13.5. The normalized spacial score (nSPS) is 14.3. The number of anilines is 2. The van der Waals surface area contributed by atoms with Crippen LogP contribution in [0.3, 0.4) is 0 Å². The van der Waals surface area contributed by atoms with Gasteiger partial charge in [-0.05, 0) is 43.2 Å². The van der Waals surface area contributed by atoms with Crippen molar-refractivity contribution in [1.82, 2.24) is 0 Å². The van der Waals surface area contributed by atoms with E-state index >= 15 is 0 Å². The summed E-state index contributed by atoms with van der Waals surface area (Å²) in [5.74, 6) is -1.53. The van der Waals surface area contributed by atoms with Gasteiger partial charge in [0.2, 0.25) is 5.91 Å². The summed E-state index contributed by atoms with van der Waals surface area (Å²) in [5, 5.41) is 12.1. The molecule has 6 heteroatoms. The predicted octanol–water partition coefficient (Wildman–Crippen LogP) is 3.94. The van der Waals surface area contributed by atoms with Gasteiger partial charge in [-0.15, -0.1) is 0 Å². The van der Waals surface area contributed by atoms with E-state index in [9.17, 15) is 19.5 Å². The molecule has 0 radical (unpaired) electrons. The summed E-state index contributed by atoms with van der Waals surface area (Å²) in [6, 6.07) is 15.3. The molecule has 0 unspecified atom stereocenters. The van der Waals surface area contributed by atoms with E-state index in [1.165, 1.54) is 11.3 Å². The summed E-state index contributed by atoms with van der Waals surface area (Å²) >= 11 is 0. The number of para-hydroxylation sites is 1. The number of carboxylic acids is 1. The molecule has 0 aliphatic heterocycles. The molecule has 1 saturated carbocycles. The average molecular weight is 380 g/mol. The van der Waals surface area contributed by atoms with Crippen LogP contribution in [0.4, 0.5) is 11.4 Å². The van der Waals surface area contributed by atoms with Gasteiger partial charge in [0.1, 0.15) is 6.54 Å². The Morgan fingerprint density at radius 2 is 1.68 bits per heavy atom. The van der Waals surface area contributed by atoms with E-state index < -0.39 is 18.4 Å². The van der Waals surface area contributed by atoms with Crippen molar-refractivity contribution in [1.29, 1.82) is 0 Å². The Kier molecular flexibility index (Phi) is 6.42. The molecule has 146 valence electrons. The highest BCUT2D eigenvalue weighted by Crippen LogP contribution is 2.25. The molecule has 1 aliphatic rings. The fourth-order valence-corrected chi connectivity index (χ4v) is 3.52. The van der Waals surface area contributed by atoms with E-state index in [1.54, 1.807) is 54.6 Å². The average Bonchev–Trinajstić information content (AvgIpc) is 2.73. The standard InChI is InChI=1S/C22H24N2O4/c25-20(26)15-24(19-12-5-2-6-13-19)22(28)17-10-7-11-18(14-17)23-21(27)16-8-3-1-4-9-16/h2,5-7,10-14,16H,1,3-4,8-9,15H2,(H,23,27)(H,25,26). The predicted molar refractivity (Wildman–Crippen MR) is 107 cm³/mol. The third kappa shape index (κ3) is 4.97. The van der Waals surface area contributed by atoms with Crippen molar-refractivity contribution in [3.05, 3.63) is 60.2 Å². The highest BCUT2D eigenvalue weighted by Gasteiger charge is 2.23. The second-order valence-corrected chi connectivity index (χ2v) is 7.03. The van der Waals surface area contributed by atoms with Gasteiger partial charge in [0, 0.05) is 22.9 Å². The fourth-order valence-electron chi connectivity index (χ4n) is 3.52. The maximum Gasteiger partial charge on any atom is 0.323 e. The highest BCUT2D eigenvalue weighted by atomic mass is 16.4. The molecular weight excluding hydrogens is 356 g/mol. The summed E-state index contributed by atoms with van der Waals surface area (Å²) in [6.45, 7) is -0.443. The van der Waals surface area contributed by atoms with Crippen LogP contribution < -0.4 is 10.2 Å². The fraction of sp³-hybridized carbons (Fsp3) is 0.318. The molecule has 2 amide bonds. The molecule has 0 aromatic heterocycles. The van der Waals surface area contributed by atoms with Gasteiger partial charge in [0.15, 0.2) is 0 Å². The van der Waals surface area contributed by atoms with Gasteiger partial charge in [0.05, 0.1) is 0 Å². The summed E-state index contributed by atoms with van der Waals surface area (Å²) < 4.78 is 0. The van der Waals surface area contributed by atoms with Gasteiger partial charge in [-0.3, -0.25) is 19.3 Å². The number of carboxylic acid groups (broad SMARTS) is 1. The first-order valence-corrected chi connectivity index (χ1v) is 9.54. The van der Waals surface area contributed by atoms with Crippen molar-refractivity contribution in [2.45, 2.75) is 32.1 Å². The smallest absolute Gasteiger partial charge is 0.323 e. The lowest BCUT2D eigenvalue weighted by molar-refractivity contribution is -0.135. The third-order valence-electron chi connectivity index (χ3n) is 4.96. The van der Waals surface area contributed by atoms with Crippen molar-refractivity contribution in [3.63, 3.8) is 0 Å². The molecule has 2 aromatic rings. The number of hydrogen-bond acceptors (Lipinski definition) is 3. The lowest BCUT2D eigenvalue weighted by atomic mass is 9.88. The highest BCUT2D eigenvalue weighted by molar-refractivity contribution is 6.09. The Hall–Kier alpha value is -3.15. The van der Waals surface area contributed by atoms with Crippen LogP contribution in [0.1, 0.15) is 42.5 Å². The summed E-state index contributed by atoms with van der Waals surface area (Å²) in [4.78, 5) is 37.9. The molecule has 28 heavy (non-hydrogen) atoms. The van der Waals surface area contributed by atoms with Crippen LogP contribution in [0.2, 0.25) is 0 Å². The van der Waals surface area contributed by atoms with E-state index in [-0.39, 0.29) is 11.8 Å². The summed E-state index contributed by atoms with van der Waals surface area (Å²) in [6.07, 6.45) is 5.10. The SMILES string of the molecule is O=C(O)CN(C(=O)c1cccc(NC(=O)C2CCCCC2)c1)c1ccccc1. The zero-order valence-corrected chi connectivity index (χ0v) is 15.6. The maximum absolute atomic E-state index is 13.0. The molecule has 1 aliphatic carbocycles. The van der Waals surface area contributed by atoms with Crippen LogP contribution in [-0.2, 0) is 9.59 Å². The Morgan fingerprint density at radius 3 is 2.36 bits per heavy atom. The number of carbonyl (C=O) groups excluding carboxylic acids is 2. The number of nitrogens with zero attached hydrogens (tertiary/aromatic N) is 1. The molecule has 6 nitrogen and oxygen atoms in total. The van der Waals surface area contributed by atoms with Gasteiger partial charge in [-0.2, -0.15) is 0 Å². The van der Waals surface area contributed by atoms with Crippen molar-refractivity contribution in [3.8, 4) is 0 Å². The van der Waals surface area contributed by atoms with Crippen LogP contribution in [0, 0.1) is 5.92 Å². The van der Waals surface area contributed by atoms with Crippen LogP contribution in [0.15, 0.2) is 54.6 Å². The van der Waals surface area contributed by atoms with E-state index in [0.29, 0.717) is 16.9 Å². The first-order valence-electron chi connectivity index (χ1n) is 9.54. The molecule has 3 rings (SSSR count). The van der Waals surface area contributed by atoms with Crippen molar-refractivity contribution in [2.75, 3.05) is 16.8 Å². The summed E-state index contributed by atoms with van der Waals surface area (Å²) in [7, 11) is 0. The van der Waals surface area contributed by atoms with Gasteiger partial charge < -0.3 is 10.4 Å². The van der Waals surface area contributed by atoms with Crippen LogP contribution in [0.25, 0.3) is 0 Å². The van der Waals surface area contributed by atoms with Gasteiger partial charge in [0.25, 0.3) is 5.91 Å². The quantitative estimate of drug-likeness (QED) is 0.795. The van der Waals surface area contributed by atoms with Crippen molar-refractivity contribution in [2.24, 2.45) is 5.92 Å². The Balaban J connectivity index is 1.78. The number of aliphatic carboxylic acids is 1. The number of amides is 2. The number of nitrogens with one attached hydrogen (secondary N) is 1. The molecule has 0 spiro atoms. The zero-order chi connectivity index (χ0) is 19.9. The molecular formula is C22H24N2O4. The van der Waals surface area contributed by atoms with Crippen LogP contribution >= 0.6 is 0 Å². The minimum Gasteiger partial charge on any atom is -0.480 e. The number of rotatable bonds is 6. The van der Waals surface area contributed by atoms with Gasteiger partial charge in [-0.25, -0.2) is 0 Å². The van der Waals surface area contributed by atoms with E-state index in [2.05, 4.69) is 5.32 Å². The number of benzene rings is 2. The van der Waals surface area contributed by atoms with E-state index in [4.69, 9.17) is 0 Å². The van der Waals surface area contributed by atoms with E-state index in [0.717, 1.165) is 25.7 Å². The molecule has 1 fully saturated rings.